The smallest absolute Gasteiger partial charge is 0.119 e. The van der Waals surface area contributed by atoms with E-state index in [1.165, 1.54) is 93.7 Å². The highest BCUT2D eigenvalue weighted by molar-refractivity contribution is 5.64. The van der Waals surface area contributed by atoms with Crippen molar-refractivity contribution >= 4 is 0 Å². The van der Waals surface area contributed by atoms with Crippen LogP contribution in [0.1, 0.15) is 116 Å². The van der Waals surface area contributed by atoms with Gasteiger partial charge < -0.3 is 9.47 Å². The third-order valence-electron chi connectivity index (χ3n) is 6.45. The van der Waals surface area contributed by atoms with Gasteiger partial charge in [-0.3, -0.25) is 0 Å². The third-order valence-corrected chi connectivity index (χ3v) is 6.45. The Balaban J connectivity index is 1.66. The van der Waals surface area contributed by atoms with Gasteiger partial charge in [0.25, 0.3) is 0 Å². The molecule has 0 heterocycles. The van der Waals surface area contributed by atoms with E-state index in [2.05, 4.69) is 69.3 Å². The summed E-state index contributed by atoms with van der Waals surface area (Å²) in [5.74, 6) is 0.967. The van der Waals surface area contributed by atoms with Gasteiger partial charge in [0, 0.05) is 6.61 Å². The molecule has 0 spiro atoms. The number of benzene rings is 2. The minimum absolute atomic E-state index is 0.150. The molecule has 2 rings (SSSR count). The van der Waals surface area contributed by atoms with Gasteiger partial charge in [-0.15, -0.1) is 0 Å². The first-order chi connectivity index (χ1) is 16.2. The van der Waals surface area contributed by atoms with E-state index in [0.717, 1.165) is 25.4 Å². The monoisotopic (exact) mass is 452 g/mol. The molecule has 0 radical (unpaired) electrons. The van der Waals surface area contributed by atoms with Crippen molar-refractivity contribution in [1.29, 1.82) is 0 Å². The van der Waals surface area contributed by atoms with Gasteiger partial charge in [-0.1, -0.05) is 121 Å². The van der Waals surface area contributed by atoms with E-state index >= 15 is 0 Å². The van der Waals surface area contributed by atoms with Crippen LogP contribution in [0, 0.1) is 0 Å². The Kier molecular flexibility index (Phi) is 14.7. The molecule has 184 valence electrons. The van der Waals surface area contributed by atoms with Crippen LogP contribution in [0.25, 0.3) is 11.1 Å². The summed E-state index contributed by atoms with van der Waals surface area (Å²) >= 11 is 0. The van der Waals surface area contributed by atoms with Gasteiger partial charge in [0.1, 0.15) is 5.75 Å². The maximum absolute atomic E-state index is 6.09. The Bertz CT molecular complexity index is 705. The Morgan fingerprint density at radius 1 is 0.545 bits per heavy atom. The predicted octanol–water partition coefficient (Wildman–Crippen LogP) is 9.92. The minimum atomic E-state index is 0.150. The van der Waals surface area contributed by atoms with Crippen molar-refractivity contribution in [2.24, 2.45) is 0 Å². The molecule has 0 aromatic heterocycles. The lowest BCUT2D eigenvalue weighted by Gasteiger charge is -2.14. The highest BCUT2D eigenvalue weighted by atomic mass is 16.5. The van der Waals surface area contributed by atoms with Crippen molar-refractivity contribution in [3.63, 3.8) is 0 Å². The highest BCUT2D eigenvalue weighted by Crippen LogP contribution is 2.25. The quantitative estimate of drug-likeness (QED) is 0.197. The molecule has 0 amide bonds. The molecular weight excluding hydrogens is 404 g/mol. The molecule has 2 heteroatoms. The van der Waals surface area contributed by atoms with Gasteiger partial charge in [0.15, 0.2) is 0 Å². The molecule has 1 unspecified atom stereocenters. The highest BCUT2D eigenvalue weighted by Gasteiger charge is 2.07. The van der Waals surface area contributed by atoms with Crippen LogP contribution < -0.4 is 4.74 Å². The van der Waals surface area contributed by atoms with E-state index in [1.807, 2.05) is 0 Å². The number of hydrogen-bond donors (Lipinski definition) is 0. The maximum atomic E-state index is 6.09. The van der Waals surface area contributed by atoms with Crippen molar-refractivity contribution in [2.45, 2.75) is 110 Å². The summed E-state index contributed by atoms with van der Waals surface area (Å²) in [5.41, 5.74) is 3.71. The Morgan fingerprint density at radius 2 is 1.00 bits per heavy atom. The number of hydrogen-bond acceptors (Lipinski definition) is 2. The first-order valence-corrected chi connectivity index (χ1v) is 13.7. The molecule has 0 aliphatic heterocycles. The van der Waals surface area contributed by atoms with Gasteiger partial charge in [-0.2, -0.15) is 0 Å². The summed E-state index contributed by atoms with van der Waals surface area (Å²) < 4.78 is 12.0. The molecule has 2 nitrogen and oxygen atoms in total. The number of unbranched alkanes of at least 4 members (excludes halogenated alkanes) is 11. The van der Waals surface area contributed by atoms with Crippen LogP contribution in [0.2, 0.25) is 0 Å². The van der Waals surface area contributed by atoms with Crippen LogP contribution in [0.3, 0.4) is 0 Å². The van der Waals surface area contributed by atoms with Crippen molar-refractivity contribution in [2.75, 3.05) is 13.2 Å². The molecule has 1 atom stereocenters. The van der Waals surface area contributed by atoms with E-state index in [1.54, 1.807) is 0 Å². The molecule has 0 aliphatic carbocycles. The summed E-state index contributed by atoms with van der Waals surface area (Å²) in [7, 11) is 0. The van der Waals surface area contributed by atoms with E-state index in [9.17, 15) is 0 Å². The SMILES string of the molecule is CCCCCCCCCCOC(C)c1ccc(-c2ccc(OCCCCCCC)cc2)cc1. The van der Waals surface area contributed by atoms with Gasteiger partial charge in [0.05, 0.1) is 12.7 Å². The Labute approximate surface area is 204 Å². The van der Waals surface area contributed by atoms with Gasteiger partial charge in [-0.25, -0.2) is 0 Å². The van der Waals surface area contributed by atoms with Gasteiger partial charge >= 0.3 is 0 Å². The van der Waals surface area contributed by atoms with E-state index in [0.29, 0.717) is 0 Å². The zero-order chi connectivity index (χ0) is 23.6. The lowest BCUT2D eigenvalue weighted by atomic mass is 10.0. The normalized spacial score (nSPS) is 12.1. The van der Waals surface area contributed by atoms with Crippen LogP contribution in [0.4, 0.5) is 0 Å². The summed E-state index contributed by atoms with van der Waals surface area (Å²) in [6, 6.07) is 17.3. The fourth-order valence-electron chi connectivity index (χ4n) is 4.18. The van der Waals surface area contributed by atoms with Gasteiger partial charge in [0.2, 0.25) is 0 Å². The summed E-state index contributed by atoms with van der Waals surface area (Å²) in [4.78, 5) is 0. The molecule has 0 bridgehead atoms. The fourth-order valence-corrected chi connectivity index (χ4v) is 4.18. The lowest BCUT2D eigenvalue weighted by molar-refractivity contribution is 0.0627. The standard InChI is InChI=1S/C31H48O2/c1-4-6-8-10-11-12-14-15-25-32-27(3)28-17-19-29(20-18-28)30-21-23-31(24-22-30)33-26-16-13-9-7-5-2/h17-24,27H,4-16,25-26H2,1-3H3. The topological polar surface area (TPSA) is 18.5 Å². The van der Waals surface area contributed by atoms with E-state index < -0.39 is 0 Å². The van der Waals surface area contributed by atoms with Crippen molar-refractivity contribution < 1.29 is 9.47 Å². The summed E-state index contributed by atoms with van der Waals surface area (Å²) in [6.45, 7) is 8.36. The zero-order valence-electron chi connectivity index (χ0n) is 21.6. The predicted molar refractivity (Wildman–Crippen MR) is 143 cm³/mol. The molecule has 2 aromatic rings. The minimum Gasteiger partial charge on any atom is -0.494 e. The molecular formula is C31H48O2. The lowest BCUT2D eigenvalue weighted by Crippen LogP contribution is -2.01. The largest absolute Gasteiger partial charge is 0.494 e. The van der Waals surface area contributed by atoms with Crippen LogP contribution >= 0.6 is 0 Å². The maximum Gasteiger partial charge on any atom is 0.119 e. The molecule has 0 aliphatic rings. The second kappa shape index (κ2) is 17.6. The summed E-state index contributed by atoms with van der Waals surface area (Å²) in [6.07, 6.45) is 17.2. The van der Waals surface area contributed by atoms with Crippen molar-refractivity contribution in [3.8, 4) is 16.9 Å². The first kappa shape index (κ1) is 27.4. The molecule has 0 fully saturated rings. The average molecular weight is 453 g/mol. The molecule has 2 aromatic carbocycles. The fraction of sp³-hybridized carbons (Fsp3) is 0.613. The molecule has 0 N–H and O–H groups in total. The van der Waals surface area contributed by atoms with E-state index in [4.69, 9.17) is 9.47 Å². The molecule has 0 saturated heterocycles. The van der Waals surface area contributed by atoms with Crippen LogP contribution in [-0.4, -0.2) is 13.2 Å². The van der Waals surface area contributed by atoms with Gasteiger partial charge in [-0.05, 0) is 48.6 Å². The molecule has 0 saturated carbocycles. The van der Waals surface area contributed by atoms with Crippen LogP contribution in [-0.2, 0) is 4.74 Å². The first-order valence-electron chi connectivity index (χ1n) is 13.7. The second-order valence-electron chi connectivity index (χ2n) is 9.40. The number of rotatable bonds is 19. The van der Waals surface area contributed by atoms with Crippen molar-refractivity contribution in [1.82, 2.24) is 0 Å². The Hall–Kier alpha value is -1.80. The summed E-state index contributed by atoms with van der Waals surface area (Å²) in [5, 5.41) is 0. The number of ether oxygens (including phenoxy) is 2. The van der Waals surface area contributed by atoms with Crippen molar-refractivity contribution in [3.05, 3.63) is 54.1 Å². The second-order valence-corrected chi connectivity index (χ2v) is 9.40. The Morgan fingerprint density at radius 3 is 1.55 bits per heavy atom. The third kappa shape index (κ3) is 11.8. The average Bonchev–Trinajstić information content (AvgIpc) is 2.85. The van der Waals surface area contributed by atoms with Crippen LogP contribution in [0.5, 0.6) is 5.75 Å². The van der Waals surface area contributed by atoms with E-state index in [-0.39, 0.29) is 6.10 Å². The van der Waals surface area contributed by atoms with Crippen LogP contribution in [0.15, 0.2) is 48.5 Å². The zero-order valence-corrected chi connectivity index (χ0v) is 21.6. The molecule has 33 heavy (non-hydrogen) atoms.